The molecule has 37 heavy (non-hydrogen) atoms. The van der Waals surface area contributed by atoms with Crippen molar-refractivity contribution in [2.24, 2.45) is 0 Å². The molecular weight excluding hydrogens is 446 g/mol. The second-order valence-electron chi connectivity index (χ2n) is 9.08. The van der Waals surface area contributed by atoms with Gasteiger partial charge < -0.3 is 4.90 Å². The van der Waals surface area contributed by atoms with Crippen LogP contribution in [0.3, 0.4) is 0 Å². The molecule has 0 bridgehead atoms. The fraction of sp³-hybridized carbons (Fsp3) is 0. The van der Waals surface area contributed by atoms with E-state index < -0.39 is 0 Å². The molecule has 0 aliphatic heterocycles. The molecule has 0 atom stereocenters. The van der Waals surface area contributed by atoms with E-state index in [0.717, 1.165) is 17.1 Å². The molecule has 6 aromatic rings. The van der Waals surface area contributed by atoms with Gasteiger partial charge >= 0.3 is 0 Å². The van der Waals surface area contributed by atoms with Crippen molar-refractivity contribution in [1.29, 1.82) is 0 Å². The average Bonchev–Trinajstić information content (AvgIpc) is 2.99. The van der Waals surface area contributed by atoms with Crippen LogP contribution in [0.4, 0.5) is 17.1 Å². The van der Waals surface area contributed by atoms with E-state index in [2.05, 4.69) is 169 Å². The Morgan fingerprint density at radius 3 is 1.03 bits per heavy atom. The third kappa shape index (κ3) is 4.94. The summed E-state index contributed by atoms with van der Waals surface area (Å²) in [4.78, 5) is 2.34. The molecule has 176 valence electrons. The zero-order chi connectivity index (χ0) is 24.9. The number of hydrogen-bond acceptors (Lipinski definition) is 1. The predicted octanol–water partition coefficient (Wildman–Crippen LogP) is 10.2. The van der Waals surface area contributed by atoms with Crippen molar-refractivity contribution in [3.63, 3.8) is 0 Å². The molecule has 0 fully saturated rings. The van der Waals surface area contributed by atoms with Crippen LogP contribution in [0, 0.1) is 0 Å². The predicted molar refractivity (Wildman–Crippen MR) is 157 cm³/mol. The highest BCUT2D eigenvalue weighted by Gasteiger charge is 2.14. The third-order valence-electron chi connectivity index (χ3n) is 6.66. The second kappa shape index (κ2) is 10.4. The number of benzene rings is 6. The van der Waals surface area contributed by atoms with Gasteiger partial charge in [-0.15, -0.1) is 0 Å². The highest BCUT2D eigenvalue weighted by molar-refractivity contribution is 5.83. The van der Waals surface area contributed by atoms with Gasteiger partial charge in [-0.2, -0.15) is 0 Å². The quantitative estimate of drug-likeness (QED) is 0.233. The van der Waals surface area contributed by atoms with Crippen LogP contribution in [0.15, 0.2) is 164 Å². The van der Waals surface area contributed by atoms with Crippen molar-refractivity contribution >= 4 is 17.1 Å². The van der Waals surface area contributed by atoms with Gasteiger partial charge in [-0.3, -0.25) is 0 Å². The Labute approximate surface area is 218 Å². The van der Waals surface area contributed by atoms with E-state index in [1.807, 2.05) is 0 Å². The molecular formula is C36H27N. The Hall–Kier alpha value is -4.88. The fourth-order valence-corrected chi connectivity index (χ4v) is 4.79. The van der Waals surface area contributed by atoms with Crippen molar-refractivity contribution in [2.45, 2.75) is 0 Å². The van der Waals surface area contributed by atoms with E-state index in [-0.39, 0.29) is 0 Å². The van der Waals surface area contributed by atoms with Crippen molar-refractivity contribution in [2.75, 3.05) is 4.90 Å². The maximum absolute atomic E-state index is 2.34. The molecule has 0 saturated heterocycles. The molecule has 0 N–H and O–H groups in total. The molecule has 1 nitrogen and oxygen atoms in total. The first-order valence-electron chi connectivity index (χ1n) is 12.6. The lowest BCUT2D eigenvalue weighted by atomic mass is 10.0. The number of nitrogens with zero attached hydrogens (tertiary/aromatic N) is 1. The number of rotatable bonds is 6. The van der Waals surface area contributed by atoms with E-state index in [1.165, 1.54) is 33.4 Å². The first-order valence-corrected chi connectivity index (χ1v) is 12.6. The Bertz CT molecular complexity index is 1510. The largest absolute Gasteiger partial charge is 0.310 e. The molecule has 6 rings (SSSR count). The minimum atomic E-state index is 1.12. The third-order valence-corrected chi connectivity index (χ3v) is 6.66. The average molecular weight is 474 g/mol. The van der Waals surface area contributed by atoms with E-state index in [0.29, 0.717) is 0 Å². The summed E-state index contributed by atoms with van der Waals surface area (Å²) in [5, 5.41) is 0. The summed E-state index contributed by atoms with van der Waals surface area (Å²) < 4.78 is 0. The molecule has 0 aliphatic rings. The molecule has 0 heterocycles. The molecule has 0 saturated carbocycles. The second-order valence-corrected chi connectivity index (χ2v) is 9.08. The SMILES string of the molecule is c1ccc(-c2ccc(N(c3cccc(-c4ccccc4)c3)c3cccc(-c4ccccc4)c3)cc2)cc1. The number of hydrogen-bond donors (Lipinski definition) is 0. The molecule has 0 radical (unpaired) electrons. The van der Waals surface area contributed by atoms with E-state index in [4.69, 9.17) is 0 Å². The van der Waals surface area contributed by atoms with Crippen LogP contribution in [0.5, 0.6) is 0 Å². The lowest BCUT2D eigenvalue weighted by Gasteiger charge is -2.27. The van der Waals surface area contributed by atoms with E-state index in [1.54, 1.807) is 0 Å². The zero-order valence-electron chi connectivity index (χ0n) is 20.5. The Morgan fingerprint density at radius 2 is 0.595 bits per heavy atom. The summed E-state index contributed by atoms with van der Waals surface area (Å²) in [6, 6.07) is 58.0. The highest BCUT2D eigenvalue weighted by atomic mass is 15.1. The summed E-state index contributed by atoms with van der Waals surface area (Å²) in [5.74, 6) is 0. The summed E-state index contributed by atoms with van der Waals surface area (Å²) >= 11 is 0. The molecule has 0 aromatic heterocycles. The normalized spacial score (nSPS) is 10.7. The van der Waals surface area contributed by atoms with Gasteiger partial charge in [0.1, 0.15) is 0 Å². The zero-order valence-corrected chi connectivity index (χ0v) is 20.5. The van der Waals surface area contributed by atoms with Crippen LogP contribution in [-0.4, -0.2) is 0 Å². The Balaban J connectivity index is 1.46. The molecule has 0 aliphatic carbocycles. The van der Waals surface area contributed by atoms with Crippen molar-refractivity contribution in [3.8, 4) is 33.4 Å². The van der Waals surface area contributed by atoms with Gasteiger partial charge in [-0.05, 0) is 69.8 Å². The van der Waals surface area contributed by atoms with Gasteiger partial charge in [0.25, 0.3) is 0 Å². The maximum atomic E-state index is 2.34. The Morgan fingerprint density at radius 1 is 0.243 bits per heavy atom. The van der Waals surface area contributed by atoms with Gasteiger partial charge in [0.05, 0.1) is 0 Å². The molecule has 1 heteroatoms. The summed E-state index contributed by atoms with van der Waals surface area (Å²) in [6.45, 7) is 0. The summed E-state index contributed by atoms with van der Waals surface area (Å²) in [7, 11) is 0. The van der Waals surface area contributed by atoms with Crippen molar-refractivity contribution < 1.29 is 0 Å². The van der Waals surface area contributed by atoms with Gasteiger partial charge in [0.15, 0.2) is 0 Å². The minimum Gasteiger partial charge on any atom is -0.310 e. The van der Waals surface area contributed by atoms with Gasteiger partial charge in [0, 0.05) is 17.1 Å². The molecule has 6 aromatic carbocycles. The monoisotopic (exact) mass is 473 g/mol. The van der Waals surface area contributed by atoms with Gasteiger partial charge in [0.2, 0.25) is 0 Å². The Kier molecular flexibility index (Phi) is 6.34. The lowest BCUT2D eigenvalue weighted by molar-refractivity contribution is 1.28. The van der Waals surface area contributed by atoms with Gasteiger partial charge in [-0.25, -0.2) is 0 Å². The van der Waals surface area contributed by atoms with Gasteiger partial charge in [-0.1, -0.05) is 127 Å². The smallest absolute Gasteiger partial charge is 0.0467 e. The van der Waals surface area contributed by atoms with Crippen LogP contribution in [0.2, 0.25) is 0 Å². The standard InChI is InChI=1S/C36H27N/c1-4-12-28(13-5-1)31-22-24-34(25-23-31)37(35-20-10-18-32(26-35)29-14-6-2-7-15-29)36-21-11-19-33(27-36)30-16-8-3-9-17-30/h1-27H. The van der Waals surface area contributed by atoms with E-state index >= 15 is 0 Å². The first-order chi connectivity index (χ1) is 18.3. The van der Waals surface area contributed by atoms with E-state index in [9.17, 15) is 0 Å². The van der Waals surface area contributed by atoms with Crippen LogP contribution in [0.25, 0.3) is 33.4 Å². The molecule has 0 unspecified atom stereocenters. The molecule has 0 amide bonds. The maximum Gasteiger partial charge on any atom is 0.0467 e. The highest BCUT2D eigenvalue weighted by Crippen LogP contribution is 2.38. The molecule has 0 spiro atoms. The van der Waals surface area contributed by atoms with Crippen molar-refractivity contribution in [3.05, 3.63) is 164 Å². The van der Waals surface area contributed by atoms with Crippen molar-refractivity contribution in [1.82, 2.24) is 0 Å². The summed E-state index contributed by atoms with van der Waals surface area (Å²) in [6.07, 6.45) is 0. The van der Waals surface area contributed by atoms with Crippen LogP contribution in [0.1, 0.15) is 0 Å². The number of anilines is 3. The van der Waals surface area contributed by atoms with Crippen LogP contribution in [-0.2, 0) is 0 Å². The van der Waals surface area contributed by atoms with Crippen LogP contribution < -0.4 is 4.90 Å². The fourth-order valence-electron chi connectivity index (χ4n) is 4.79. The minimum absolute atomic E-state index is 1.12. The van der Waals surface area contributed by atoms with Crippen LogP contribution >= 0.6 is 0 Å². The first kappa shape index (κ1) is 22.6. The lowest BCUT2D eigenvalue weighted by Crippen LogP contribution is -2.10. The topological polar surface area (TPSA) is 3.24 Å². The summed E-state index contributed by atoms with van der Waals surface area (Å²) in [5.41, 5.74) is 10.6.